The fourth-order valence-corrected chi connectivity index (χ4v) is 3.11. The number of hydrogen-bond acceptors (Lipinski definition) is 5. The van der Waals surface area contributed by atoms with E-state index in [2.05, 4.69) is 17.1 Å². The molecule has 0 radical (unpaired) electrons. The monoisotopic (exact) mass is 336 g/mol. The molecule has 1 fully saturated rings. The third kappa shape index (κ3) is 4.54. The summed E-state index contributed by atoms with van der Waals surface area (Å²) in [5.74, 6) is 1.55. The van der Waals surface area contributed by atoms with E-state index < -0.39 is 0 Å². The molecule has 24 heavy (non-hydrogen) atoms. The maximum absolute atomic E-state index is 12.3. The summed E-state index contributed by atoms with van der Waals surface area (Å²) in [6.07, 6.45) is 4.20. The maximum Gasteiger partial charge on any atom is 0.225 e. The molecule has 0 bridgehead atoms. The Balaban J connectivity index is 1.98. The van der Waals surface area contributed by atoms with E-state index >= 15 is 0 Å². The fourth-order valence-electron chi connectivity index (χ4n) is 3.11. The second-order valence-corrected chi connectivity index (χ2v) is 6.09. The summed E-state index contributed by atoms with van der Waals surface area (Å²) in [6, 6.07) is 4.04. The van der Waals surface area contributed by atoms with E-state index in [9.17, 15) is 4.79 Å². The highest BCUT2D eigenvalue weighted by atomic mass is 16.5. The summed E-state index contributed by atoms with van der Waals surface area (Å²) in [5.41, 5.74) is 0.640. The molecule has 0 saturated carbocycles. The van der Waals surface area contributed by atoms with Crippen molar-refractivity contribution >= 4 is 11.6 Å². The van der Waals surface area contributed by atoms with Gasteiger partial charge >= 0.3 is 0 Å². The molecule has 6 nitrogen and oxygen atoms in total. The van der Waals surface area contributed by atoms with Gasteiger partial charge in [0.15, 0.2) is 11.5 Å². The first-order chi connectivity index (χ1) is 11.6. The number of piperidine rings is 1. The first-order valence-electron chi connectivity index (χ1n) is 8.43. The number of ether oxygens (including phenoxy) is 3. The van der Waals surface area contributed by atoms with Gasteiger partial charge in [-0.05, 0) is 26.3 Å². The number of anilines is 1. The van der Waals surface area contributed by atoms with E-state index in [-0.39, 0.29) is 5.91 Å². The zero-order valence-corrected chi connectivity index (χ0v) is 15.1. The van der Waals surface area contributed by atoms with Crippen LogP contribution < -0.4 is 19.5 Å². The molecular weight excluding hydrogens is 308 g/mol. The van der Waals surface area contributed by atoms with Crippen molar-refractivity contribution in [1.82, 2.24) is 4.90 Å². The SMILES string of the molecule is COc1cc(NC(=O)CCN2CCCCC2C)cc(OC)c1OC. The molecule has 134 valence electrons. The maximum atomic E-state index is 12.3. The number of likely N-dealkylation sites (tertiary alicyclic amines) is 1. The third-order valence-electron chi connectivity index (χ3n) is 4.52. The van der Waals surface area contributed by atoms with Gasteiger partial charge in [-0.25, -0.2) is 0 Å². The minimum absolute atomic E-state index is 0.0120. The van der Waals surface area contributed by atoms with Gasteiger partial charge in [-0.2, -0.15) is 0 Å². The van der Waals surface area contributed by atoms with Gasteiger partial charge in [0.25, 0.3) is 0 Å². The quantitative estimate of drug-likeness (QED) is 0.829. The van der Waals surface area contributed by atoms with Crippen molar-refractivity contribution in [3.05, 3.63) is 12.1 Å². The molecule has 1 unspecified atom stereocenters. The van der Waals surface area contributed by atoms with Crippen LogP contribution in [-0.2, 0) is 4.79 Å². The highest BCUT2D eigenvalue weighted by Gasteiger charge is 2.19. The second-order valence-electron chi connectivity index (χ2n) is 6.09. The molecule has 1 heterocycles. The van der Waals surface area contributed by atoms with Crippen molar-refractivity contribution in [2.45, 2.75) is 38.6 Å². The van der Waals surface area contributed by atoms with Crippen LogP contribution in [-0.4, -0.2) is 51.3 Å². The van der Waals surface area contributed by atoms with Crippen LogP contribution in [0.3, 0.4) is 0 Å². The molecule has 1 saturated heterocycles. The lowest BCUT2D eigenvalue weighted by atomic mass is 10.0. The Hall–Kier alpha value is -1.95. The summed E-state index contributed by atoms with van der Waals surface area (Å²) in [7, 11) is 4.67. The van der Waals surface area contributed by atoms with Crippen LogP contribution in [0.4, 0.5) is 5.69 Å². The lowest BCUT2D eigenvalue weighted by Crippen LogP contribution is -2.39. The predicted octanol–water partition coefficient (Wildman–Crippen LogP) is 2.92. The third-order valence-corrected chi connectivity index (χ3v) is 4.52. The van der Waals surface area contributed by atoms with Gasteiger partial charge in [0, 0.05) is 36.8 Å². The summed E-state index contributed by atoms with van der Waals surface area (Å²) in [4.78, 5) is 14.7. The Morgan fingerprint density at radius 2 is 1.83 bits per heavy atom. The highest BCUT2D eigenvalue weighted by Crippen LogP contribution is 2.39. The average Bonchev–Trinajstić information content (AvgIpc) is 2.60. The standard InChI is InChI=1S/C18H28N2O4/c1-13-7-5-6-9-20(13)10-8-17(21)19-14-11-15(22-2)18(24-4)16(12-14)23-3/h11-13H,5-10H2,1-4H3,(H,19,21). The van der Waals surface area contributed by atoms with E-state index in [1.165, 1.54) is 19.3 Å². The van der Waals surface area contributed by atoms with Crippen LogP contribution in [0.1, 0.15) is 32.6 Å². The minimum atomic E-state index is -0.0120. The van der Waals surface area contributed by atoms with Gasteiger partial charge in [0.05, 0.1) is 21.3 Å². The van der Waals surface area contributed by atoms with Crippen molar-refractivity contribution in [2.24, 2.45) is 0 Å². The van der Waals surface area contributed by atoms with Crippen LogP contribution in [0.25, 0.3) is 0 Å². The van der Waals surface area contributed by atoms with E-state index in [4.69, 9.17) is 14.2 Å². The molecule has 0 spiro atoms. The molecular formula is C18H28N2O4. The van der Waals surface area contributed by atoms with Crippen LogP contribution >= 0.6 is 0 Å². The number of hydrogen-bond donors (Lipinski definition) is 1. The van der Waals surface area contributed by atoms with Gasteiger partial charge < -0.3 is 24.4 Å². The van der Waals surface area contributed by atoms with Crippen molar-refractivity contribution in [3.63, 3.8) is 0 Å². The van der Waals surface area contributed by atoms with Gasteiger partial charge in [-0.1, -0.05) is 6.42 Å². The first-order valence-corrected chi connectivity index (χ1v) is 8.43. The van der Waals surface area contributed by atoms with Crippen LogP contribution in [0, 0.1) is 0 Å². The van der Waals surface area contributed by atoms with Crippen molar-refractivity contribution in [1.29, 1.82) is 0 Å². The Morgan fingerprint density at radius 3 is 2.38 bits per heavy atom. The number of rotatable bonds is 7. The second kappa shape index (κ2) is 8.78. The molecule has 1 aliphatic heterocycles. The molecule has 1 aliphatic rings. The molecule has 0 aromatic heterocycles. The van der Waals surface area contributed by atoms with E-state index in [1.807, 2.05) is 0 Å². The molecule has 2 rings (SSSR count). The zero-order valence-electron chi connectivity index (χ0n) is 15.1. The largest absolute Gasteiger partial charge is 0.493 e. The molecule has 1 N–H and O–H groups in total. The lowest BCUT2D eigenvalue weighted by Gasteiger charge is -2.33. The summed E-state index contributed by atoms with van der Waals surface area (Å²) in [5, 5.41) is 2.92. The number of carbonyl (C=O) groups excluding carboxylic acids is 1. The fraction of sp³-hybridized carbons (Fsp3) is 0.611. The zero-order chi connectivity index (χ0) is 17.5. The molecule has 1 aromatic rings. The van der Waals surface area contributed by atoms with E-state index in [1.54, 1.807) is 33.5 Å². The Kier molecular flexibility index (Phi) is 6.73. The Morgan fingerprint density at radius 1 is 1.17 bits per heavy atom. The number of amides is 1. The van der Waals surface area contributed by atoms with Crippen molar-refractivity contribution < 1.29 is 19.0 Å². The Labute approximate surface area is 144 Å². The smallest absolute Gasteiger partial charge is 0.225 e. The minimum Gasteiger partial charge on any atom is -0.493 e. The number of methoxy groups -OCH3 is 3. The van der Waals surface area contributed by atoms with Crippen molar-refractivity contribution in [2.75, 3.05) is 39.7 Å². The summed E-state index contributed by atoms with van der Waals surface area (Å²) < 4.78 is 15.9. The lowest BCUT2D eigenvalue weighted by molar-refractivity contribution is -0.116. The molecule has 6 heteroatoms. The number of nitrogens with one attached hydrogen (secondary N) is 1. The van der Waals surface area contributed by atoms with Crippen LogP contribution in [0.2, 0.25) is 0 Å². The van der Waals surface area contributed by atoms with E-state index in [0.717, 1.165) is 13.1 Å². The van der Waals surface area contributed by atoms with Gasteiger partial charge in [-0.3, -0.25) is 4.79 Å². The number of carbonyl (C=O) groups is 1. The molecule has 1 atom stereocenters. The van der Waals surface area contributed by atoms with Gasteiger partial charge in [0.2, 0.25) is 11.7 Å². The molecule has 1 aromatic carbocycles. The normalized spacial score (nSPS) is 18.1. The first kappa shape index (κ1) is 18.4. The van der Waals surface area contributed by atoms with Crippen molar-refractivity contribution in [3.8, 4) is 17.2 Å². The number of benzene rings is 1. The molecule has 0 aliphatic carbocycles. The highest BCUT2D eigenvalue weighted by molar-refractivity contribution is 5.91. The topological polar surface area (TPSA) is 60.0 Å². The van der Waals surface area contributed by atoms with Crippen LogP contribution in [0.15, 0.2) is 12.1 Å². The summed E-state index contributed by atoms with van der Waals surface area (Å²) in [6.45, 7) is 4.10. The number of nitrogens with zero attached hydrogens (tertiary/aromatic N) is 1. The van der Waals surface area contributed by atoms with E-state index in [0.29, 0.717) is 35.4 Å². The van der Waals surface area contributed by atoms with Gasteiger partial charge in [-0.15, -0.1) is 0 Å². The Bertz CT molecular complexity index is 537. The average molecular weight is 336 g/mol. The summed E-state index contributed by atoms with van der Waals surface area (Å²) >= 11 is 0. The predicted molar refractivity (Wildman–Crippen MR) is 94.2 cm³/mol. The molecule has 1 amide bonds. The van der Waals surface area contributed by atoms with Gasteiger partial charge in [0.1, 0.15) is 0 Å². The van der Waals surface area contributed by atoms with Crippen LogP contribution in [0.5, 0.6) is 17.2 Å².